The number of aliphatic carboxylic acids is 1. The van der Waals surface area contributed by atoms with Crippen LogP contribution in [-0.4, -0.2) is 87.0 Å². The number of aliphatic hydroxyl groups excluding tert-OH is 1. The molecule has 214 valence electrons. The van der Waals surface area contributed by atoms with Gasteiger partial charge in [-0.3, -0.25) is 14.5 Å². The fourth-order valence-electron chi connectivity index (χ4n) is 5.81. The summed E-state index contributed by atoms with van der Waals surface area (Å²) in [5.41, 5.74) is 7.06. The second-order valence-corrected chi connectivity index (χ2v) is 10.4. The highest BCUT2D eigenvalue weighted by Crippen LogP contribution is 2.44. The zero-order chi connectivity index (χ0) is 27.9. The van der Waals surface area contributed by atoms with Gasteiger partial charge in [0.1, 0.15) is 5.82 Å². The Hall–Kier alpha value is -3.15. The van der Waals surface area contributed by atoms with E-state index in [-0.39, 0.29) is 31.9 Å². The number of carboxylic acid groups (broad SMARTS) is 1. The summed E-state index contributed by atoms with van der Waals surface area (Å²) in [5, 5.41) is 20.4. The molecule has 1 amide bonds. The van der Waals surface area contributed by atoms with Crippen LogP contribution < -0.4 is 15.2 Å². The lowest BCUT2D eigenvalue weighted by Gasteiger charge is -2.29. The monoisotopic (exact) mass is 543 g/mol. The summed E-state index contributed by atoms with van der Waals surface area (Å²) in [5.74, 6) is -0.192. The lowest BCUT2D eigenvalue weighted by Crippen LogP contribution is -2.45. The Morgan fingerprint density at radius 1 is 1.23 bits per heavy atom. The quantitative estimate of drug-likeness (QED) is 0.324. The van der Waals surface area contributed by atoms with Gasteiger partial charge >= 0.3 is 5.97 Å². The molecule has 1 aromatic carbocycles. The van der Waals surface area contributed by atoms with Gasteiger partial charge in [-0.2, -0.15) is 0 Å². The number of unbranched alkanes of at least 4 members (excludes halogenated alkanes) is 1. The minimum atomic E-state index is -0.908. The average Bonchev–Trinajstić information content (AvgIpc) is 3.65. The average molecular weight is 544 g/mol. The zero-order valence-electron chi connectivity index (χ0n) is 22.9. The topological polar surface area (TPSA) is 143 Å². The number of rotatable bonds is 14. The maximum atomic E-state index is 13.5. The largest absolute Gasteiger partial charge is 0.481 e. The van der Waals surface area contributed by atoms with Crippen LogP contribution in [0.15, 0.2) is 24.5 Å². The number of carboxylic acids is 1. The summed E-state index contributed by atoms with van der Waals surface area (Å²) in [4.78, 5) is 34.6. The number of nitrogens with two attached hydrogens (primary N) is 1. The molecule has 11 nitrogen and oxygen atoms in total. The van der Waals surface area contributed by atoms with Gasteiger partial charge in [0.2, 0.25) is 12.7 Å². The molecule has 0 aliphatic carbocycles. The Balaban J connectivity index is 1.64. The first-order chi connectivity index (χ1) is 18.9. The number of aliphatic hydroxyl groups is 1. The molecule has 4 N–H and O–H groups in total. The molecule has 2 aliphatic rings. The normalized spacial score (nSPS) is 20.5. The first kappa shape index (κ1) is 28.8. The maximum absolute atomic E-state index is 13.5. The molecular weight excluding hydrogens is 502 g/mol. The number of amides is 1. The first-order valence-electron chi connectivity index (χ1n) is 13.8. The summed E-state index contributed by atoms with van der Waals surface area (Å²) in [6.45, 7) is 4.20. The van der Waals surface area contributed by atoms with Gasteiger partial charge in [-0.1, -0.05) is 13.3 Å². The van der Waals surface area contributed by atoms with E-state index < -0.39 is 17.8 Å². The first-order valence-corrected chi connectivity index (χ1v) is 13.8. The van der Waals surface area contributed by atoms with E-state index in [1.165, 1.54) is 0 Å². The molecule has 1 aromatic heterocycles. The summed E-state index contributed by atoms with van der Waals surface area (Å²) >= 11 is 0. The predicted molar refractivity (Wildman–Crippen MR) is 144 cm³/mol. The third-order valence-corrected chi connectivity index (χ3v) is 7.89. The van der Waals surface area contributed by atoms with Crippen molar-refractivity contribution in [2.24, 2.45) is 18.7 Å². The molecule has 2 aliphatic heterocycles. The second kappa shape index (κ2) is 13.3. The number of carbonyl (C=O) groups excluding carboxylic acids is 1. The summed E-state index contributed by atoms with van der Waals surface area (Å²) < 4.78 is 13.0. The minimum absolute atomic E-state index is 0.00888. The molecule has 0 saturated carbocycles. The highest BCUT2D eigenvalue weighted by molar-refractivity contribution is 5.79. The SMILES string of the molecule is CCCCN(CCCN)C(=O)CN1C[C@H](c2cc(CO)c3c(c2)OCO3)[C@@H](C(=O)O)[C@@H]1CCc1nccn1C. The fourth-order valence-corrected chi connectivity index (χ4v) is 5.81. The Morgan fingerprint density at radius 2 is 2.03 bits per heavy atom. The smallest absolute Gasteiger partial charge is 0.308 e. The number of carbonyl (C=O) groups is 2. The molecule has 0 bridgehead atoms. The zero-order valence-corrected chi connectivity index (χ0v) is 22.9. The third kappa shape index (κ3) is 6.54. The van der Waals surface area contributed by atoms with E-state index >= 15 is 0 Å². The summed E-state index contributed by atoms with van der Waals surface area (Å²) in [6, 6.07) is 3.25. The van der Waals surface area contributed by atoms with Gasteiger partial charge in [-0.15, -0.1) is 0 Å². The van der Waals surface area contributed by atoms with Gasteiger partial charge in [-0.05, 0) is 43.5 Å². The molecule has 3 heterocycles. The molecule has 2 aromatic rings. The standard InChI is InChI=1S/C28H41N5O6/c1-3-4-10-32(11-5-8-29)25(35)16-33-15-21(19-13-20(17-34)27-23(14-19)38-18-39-27)26(28(36)37)22(33)6-7-24-30-9-12-31(24)2/h9,12-14,21-22,26,34H,3-8,10-11,15-18,29H2,1-2H3,(H,36,37)/t21-,22+,26-/m1/s1. The molecule has 1 fully saturated rings. The van der Waals surface area contributed by atoms with Crippen molar-refractivity contribution in [2.75, 3.05) is 39.5 Å². The summed E-state index contributed by atoms with van der Waals surface area (Å²) in [7, 11) is 1.92. The second-order valence-electron chi connectivity index (χ2n) is 10.4. The molecule has 1 saturated heterocycles. The van der Waals surface area contributed by atoms with Crippen LogP contribution in [0.25, 0.3) is 0 Å². The summed E-state index contributed by atoms with van der Waals surface area (Å²) in [6.07, 6.45) is 7.33. The van der Waals surface area contributed by atoms with Gasteiger partial charge in [0, 0.05) is 63.0 Å². The molecule has 39 heavy (non-hydrogen) atoms. The number of likely N-dealkylation sites (tertiary alicyclic amines) is 1. The van der Waals surface area contributed by atoms with Crippen molar-refractivity contribution in [3.05, 3.63) is 41.5 Å². The predicted octanol–water partition coefficient (Wildman–Crippen LogP) is 1.72. The number of benzene rings is 1. The molecule has 11 heteroatoms. The molecule has 3 atom stereocenters. The van der Waals surface area contributed by atoms with Crippen LogP contribution in [-0.2, 0) is 29.7 Å². The van der Waals surface area contributed by atoms with Crippen molar-refractivity contribution >= 4 is 11.9 Å². The molecule has 4 rings (SSSR count). The van der Waals surface area contributed by atoms with E-state index in [0.29, 0.717) is 56.1 Å². The van der Waals surface area contributed by atoms with Crippen LogP contribution in [0.1, 0.15) is 55.5 Å². The fraction of sp³-hybridized carbons (Fsp3) is 0.607. The highest BCUT2D eigenvalue weighted by Gasteiger charge is 2.47. The number of imidazole rings is 1. The van der Waals surface area contributed by atoms with Gasteiger partial charge in [0.05, 0.1) is 19.1 Å². The number of hydrogen-bond donors (Lipinski definition) is 3. The van der Waals surface area contributed by atoms with Gasteiger partial charge in [0.15, 0.2) is 11.5 Å². The minimum Gasteiger partial charge on any atom is -0.481 e. The number of ether oxygens (including phenoxy) is 2. The van der Waals surface area contributed by atoms with Crippen LogP contribution in [0.4, 0.5) is 0 Å². The number of fused-ring (bicyclic) bond motifs is 1. The Bertz CT molecular complexity index is 1130. The number of hydrogen-bond acceptors (Lipinski definition) is 8. The van der Waals surface area contributed by atoms with E-state index in [0.717, 1.165) is 30.7 Å². The van der Waals surface area contributed by atoms with Crippen molar-refractivity contribution in [1.82, 2.24) is 19.4 Å². The van der Waals surface area contributed by atoms with E-state index in [9.17, 15) is 19.8 Å². The molecule has 0 spiro atoms. The Kier molecular flexibility index (Phi) is 9.82. The number of aromatic nitrogens is 2. The van der Waals surface area contributed by atoms with Crippen LogP contribution in [0.3, 0.4) is 0 Å². The van der Waals surface area contributed by atoms with Gasteiger partial charge < -0.3 is 34.9 Å². The van der Waals surface area contributed by atoms with Crippen molar-refractivity contribution in [3.63, 3.8) is 0 Å². The maximum Gasteiger partial charge on any atom is 0.308 e. The van der Waals surface area contributed by atoms with Crippen LogP contribution in [0.5, 0.6) is 11.5 Å². The highest BCUT2D eigenvalue weighted by atomic mass is 16.7. The van der Waals surface area contributed by atoms with E-state index in [2.05, 4.69) is 11.9 Å². The molecule has 0 unspecified atom stereocenters. The van der Waals surface area contributed by atoms with Gasteiger partial charge in [-0.25, -0.2) is 4.98 Å². The number of nitrogens with zero attached hydrogens (tertiary/aromatic N) is 4. The van der Waals surface area contributed by atoms with E-state index in [1.807, 2.05) is 39.7 Å². The van der Waals surface area contributed by atoms with E-state index in [1.54, 1.807) is 6.20 Å². The Morgan fingerprint density at radius 3 is 2.69 bits per heavy atom. The van der Waals surface area contributed by atoms with Crippen LogP contribution in [0.2, 0.25) is 0 Å². The van der Waals surface area contributed by atoms with E-state index in [4.69, 9.17) is 15.2 Å². The number of aryl methyl sites for hydroxylation is 2. The van der Waals surface area contributed by atoms with Crippen molar-refractivity contribution in [3.8, 4) is 11.5 Å². The van der Waals surface area contributed by atoms with Crippen molar-refractivity contribution in [1.29, 1.82) is 0 Å². The van der Waals surface area contributed by atoms with Crippen molar-refractivity contribution in [2.45, 2.75) is 57.6 Å². The Labute approximate surface area is 229 Å². The molecular formula is C28H41N5O6. The lowest BCUT2D eigenvalue weighted by atomic mass is 9.83. The van der Waals surface area contributed by atoms with Crippen molar-refractivity contribution < 1.29 is 29.3 Å². The third-order valence-electron chi connectivity index (χ3n) is 7.89. The lowest BCUT2D eigenvalue weighted by molar-refractivity contribution is -0.143. The van der Waals surface area contributed by atoms with Crippen LogP contribution >= 0.6 is 0 Å². The van der Waals surface area contributed by atoms with Gasteiger partial charge in [0.25, 0.3) is 0 Å². The van der Waals surface area contributed by atoms with Crippen LogP contribution in [0, 0.1) is 5.92 Å². The molecule has 0 radical (unpaired) electrons.